The van der Waals surface area contributed by atoms with E-state index >= 15 is 0 Å². The van der Waals surface area contributed by atoms with E-state index in [1.54, 1.807) is 18.2 Å². The molecule has 0 amide bonds. The smallest absolute Gasteiger partial charge is 0.379 e. The molecule has 1 aromatic heterocycles. The van der Waals surface area contributed by atoms with Gasteiger partial charge in [0.1, 0.15) is 0 Å². The van der Waals surface area contributed by atoms with Gasteiger partial charge in [0, 0.05) is 6.07 Å². The summed E-state index contributed by atoms with van der Waals surface area (Å²) in [5, 5.41) is 11.0. The van der Waals surface area contributed by atoms with Crippen LogP contribution >= 0.6 is 0 Å². The number of unbranched alkanes of at least 4 members (excludes halogenated alkanes) is 1. The van der Waals surface area contributed by atoms with Gasteiger partial charge in [-0.3, -0.25) is 0 Å². The van der Waals surface area contributed by atoms with Crippen LogP contribution in [0.25, 0.3) is 0 Å². The second kappa shape index (κ2) is 4.59. The zero-order chi connectivity index (χ0) is 8.81. The van der Waals surface area contributed by atoms with Crippen molar-refractivity contribution in [2.45, 2.75) is 19.8 Å². The topological polar surface area (TPSA) is 36.2 Å². The lowest BCUT2D eigenvalue weighted by Gasteiger charge is -2.04. The van der Waals surface area contributed by atoms with Gasteiger partial charge in [0.05, 0.1) is 12.7 Å². The van der Waals surface area contributed by atoms with Crippen LogP contribution in [0.4, 0.5) is 0 Å². The van der Waals surface area contributed by atoms with Gasteiger partial charge in [-0.15, -0.1) is 4.73 Å². The standard InChI is InChI=1S/C9H13NO2/c1-2-3-8-12-9-6-4-5-7-10(9)11/h4-7H,2-3,8H2,1H3. The first-order valence-corrected chi connectivity index (χ1v) is 4.15. The van der Waals surface area contributed by atoms with E-state index in [0.717, 1.165) is 17.6 Å². The molecule has 0 N–H and O–H groups in total. The molecule has 0 aromatic carbocycles. The van der Waals surface area contributed by atoms with Crippen LogP contribution in [0, 0.1) is 5.21 Å². The summed E-state index contributed by atoms with van der Waals surface area (Å²) >= 11 is 0. The van der Waals surface area contributed by atoms with E-state index in [2.05, 4.69) is 6.92 Å². The number of aromatic nitrogens is 1. The Kier molecular flexibility index (Phi) is 3.38. The molecule has 0 spiro atoms. The minimum Gasteiger partial charge on any atom is -0.616 e. The lowest BCUT2D eigenvalue weighted by Crippen LogP contribution is -2.28. The Hall–Kier alpha value is -1.25. The fourth-order valence-corrected chi connectivity index (χ4v) is 0.845. The molecule has 12 heavy (non-hydrogen) atoms. The van der Waals surface area contributed by atoms with E-state index in [1.165, 1.54) is 6.20 Å². The SMILES string of the molecule is CCCCOc1cccc[n+]1[O-]. The number of ether oxygens (including phenoxy) is 1. The highest BCUT2D eigenvalue weighted by Crippen LogP contribution is 2.01. The third kappa shape index (κ3) is 2.42. The maximum atomic E-state index is 11.0. The van der Waals surface area contributed by atoms with E-state index < -0.39 is 0 Å². The van der Waals surface area contributed by atoms with E-state index in [4.69, 9.17) is 4.74 Å². The van der Waals surface area contributed by atoms with Gasteiger partial charge in [0.25, 0.3) is 0 Å². The highest BCUT2D eigenvalue weighted by atomic mass is 16.5. The van der Waals surface area contributed by atoms with Crippen molar-refractivity contribution in [2.24, 2.45) is 0 Å². The number of nitrogens with zero attached hydrogens (tertiary/aromatic N) is 1. The Morgan fingerprint density at radius 2 is 2.33 bits per heavy atom. The molecule has 0 aliphatic heterocycles. The monoisotopic (exact) mass is 167 g/mol. The van der Waals surface area contributed by atoms with Crippen molar-refractivity contribution >= 4 is 0 Å². The molecular formula is C9H13NO2. The zero-order valence-electron chi connectivity index (χ0n) is 7.19. The third-order valence-electron chi connectivity index (χ3n) is 1.54. The highest BCUT2D eigenvalue weighted by molar-refractivity contribution is 5.02. The molecule has 66 valence electrons. The normalized spacial score (nSPS) is 9.75. The van der Waals surface area contributed by atoms with E-state index in [-0.39, 0.29) is 0 Å². The molecule has 3 heteroatoms. The first-order valence-electron chi connectivity index (χ1n) is 4.15. The molecule has 0 fully saturated rings. The molecule has 0 saturated heterocycles. The van der Waals surface area contributed by atoms with Crippen LogP contribution in [0.2, 0.25) is 0 Å². The summed E-state index contributed by atoms with van der Waals surface area (Å²) in [6.07, 6.45) is 3.49. The molecular weight excluding hydrogens is 154 g/mol. The summed E-state index contributed by atoms with van der Waals surface area (Å²) in [7, 11) is 0. The van der Waals surface area contributed by atoms with Gasteiger partial charge in [-0.2, -0.15) is 0 Å². The largest absolute Gasteiger partial charge is 0.616 e. The van der Waals surface area contributed by atoms with Gasteiger partial charge in [0.15, 0.2) is 6.20 Å². The van der Waals surface area contributed by atoms with Crippen molar-refractivity contribution in [3.05, 3.63) is 29.6 Å². The van der Waals surface area contributed by atoms with Gasteiger partial charge in [0.2, 0.25) is 0 Å². The van der Waals surface area contributed by atoms with Gasteiger partial charge in [-0.25, -0.2) is 0 Å². The average Bonchev–Trinajstić information content (AvgIpc) is 2.09. The quantitative estimate of drug-likeness (QED) is 0.387. The van der Waals surface area contributed by atoms with Crippen LogP contribution in [0.15, 0.2) is 24.4 Å². The molecule has 0 bridgehead atoms. The molecule has 3 nitrogen and oxygen atoms in total. The number of hydrogen-bond donors (Lipinski definition) is 0. The van der Waals surface area contributed by atoms with Gasteiger partial charge < -0.3 is 9.94 Å². The zero-order valence-corrected chi connectivity index (χ0v) is 7.19. The van der Waals surface area contributed by atoms with Crippen molar-refractivity contribution in [3.8, 4) is 5.88 Å². The Bertz CT molecular complexity index is 238. The van der Waals surface area contributed by atoms with Crippen LogP contribution in [-0.4, -0.2) is 6.61 Å². The Balaban J connectivity index is 2.46. The summed E-state index contributed by atoms with van der Waals surface area (Å²) in [5.41, 5.74) is 0. The van der Waals surface area contributed by atoms with Crippen LogP contribution < -0.4 is 9.47 Å². The van der Waals surface area contributed by atoms with Crippen molar-refractivity contribution in [1.29, 1.82) is 0 Å². The minimum absolute atomic E-state index is 0.381. The summed E-state index contributed by atoms with van der Waals surface area (Å²) < 4.78 is 5.96. The average molecular weight is 167 g/mol. The summed E-state index contributed by atoms with van der Waals surface area (Å²) in [5.74, 6) is 0.381. The van der Waals surface area contributed by atoms with E-state index in [0.29, 0.717) is 12.5 Å². The molecule has 1 rings (SSSR count). The number of hydrogen-bond acceptors (Lipinski definition) is 2. The maximum Gasteiger partial charge on any atom is 0.379 e. The molecule has 1 aromatic rings. The van der Waals surface area contributed by atoms with Gasteiger partial charge in [-0.05, 0) is 12.5 Å². The van der Waals surface area contributed by atoms with Crippen molar-refractivity contribution in [2.75, 3.05) is 6.61 Å². The van der Waals surface area contributed by atoms with E-state index in [9.17, 15) is 5.21 Å². The minimum atomic E-state index is 0.381. The lowest BCUT2D eigenvalue weighted by atomic mass is 10.4. The summed E-state index contributed by atoms with van der Waals surface area (Å²) in [6, 6.07) is 5.14. The van der Waals surface area contributed by atoms with Crippen LogP contribution in [0.5, 0.6) is 5.88 Å². The fourth-order valence-electron chi connectivity index (χ4n) is 0.845. The highest BCUT2D eigenvalue weighted by Gasteiger charge is 2.01. The van der Waals surface area contributed by atoms with Crippen LogP contribution in [0.1, 0.15) is 19.8 Å². The number of rotatable bonds is 4. The first kappa shape index (κ1) is 8.84. The number of pyridine rings is 1. The Morgan fingerprint density at radius 3 is 3.00 bits per heavy atom. The van der Waals surface area contributed by atoms with Crippen LogP contribution in [0.3, 0.4) is 0 Å². The first-order chi connectivity index (χ1) is 5.84. The van der Waals surface area contributed by atoms with Crippen LogP contribution in [-0.2, 0) is 0 Å². The van der Waals surface area contributed by atoms with Crippen molar-refractivity contribution < 1.29 is 9.47 Å². The fraction of sp³-hybridized carbons (Fsp3) is 0.444. The third-order valence-corrected chi connectivity index (χ3v) is 1.54. The molecule has 0 radical (unpaired) electrons. The van der Waals surface area contributed by atoms with Crippen molar-refractivity contribution in [1.82, 2.24) is 0 Å². The van der Waals surface area contributed by atoms with Crippen molar-refractivity contribution in [3.63, 3.8) is 0 Å². The molecule has 0 atom stereocenters. The lowest BCUT2D eigenvalue weighted by molar-refractivity contribution is -0.612. The summed E-state index contributed by atoms with van der Waals surface area (Å²) in [4.78, 5) is 0. The molecule has 0 aliphatic rings. The van der Waals surface area contributed by atoms with Gasteiger partial charge >= 0.3 is 5.88 Å². The second-order valence-corrected chi connectivity index (χ2v) is 2.57. The van der Waals surface area contributed by atoms with Gasteiger partial charge in [-0.1, -0.05) is 13.3 Å². The molecule has 0 unspecified atom stereocenters. The molecule has 1 heterocycles. The Morgan fingerprint density at radius 1 is 1.50 bits per heavy atom. The predicted octanol–water partition coefficient (Wildman–Crippen LogP) is 1.50. The predicted molar refractivity (Wildman–Crippen MR) is 45.8 cm³/mol. The Labute approximate surface area is 72.2 Å². The van der Waals surface area contributed by atoms with E-state index in [1.807, 2.05) is 0 Å². The molecule has 0 saturated carbocycles. The summed E-state index contributed by atoms with van der Waals surface area (Å²) in [6.45, 7) is 2.70. The molecule has 0 aliphatic carbocycles. The maximum absolute atomic E-state index is 11.0. The second-order valence-electron chi connectivity index (χ2n) is 2.57.